The molecule has 0 unspecified atom stereocenters. The van der Waals surface area contributed by atoms with E-state index in [1.807, 2.05) is 23.5 Å². The zero-order valence-corrected chi connectivity index (χ0v) is 12.9. The third-order valence-electron chi connectivity index (χ3n) is 3.92. The minimum atomic E-state index is -0.101. The van der Waals surface area contributed by atoms with Gasteiger partial charge in [-0.25, -0.2) is 0 Å². The van der Waals surface area contributed by atoms with Gasteiger partial charge in [0.25, 0.3) is 5.91 Å². The number of hydrogen-bond acceptors (Lipinski definition) is 4. The van der Waals surface area contributed by atoms with Crippen LogP contribution in [-0.4, -0.2) is 34.9 Å². The lowest BCUT2D eigenvalue weighted by Gasteiger charge is -2.32. The van der Waals surface area contributed by atoms with Crippen molar-refractivity contribution in [3.8, 4) is 0 Å². The fourth-order valence-electron chi connectivity index (χ4n) is 2.60. The molecule has 5 heteroatoms. The molecule has 2 aromatic heterocycles. The second-order valence-corrected chi connectivity index (χ2v) is 6.36. The highest BCUT2D eigenvalue weighted by Gasteiger charge is 2.21. The lowest BCUT2D eigenvalue weighted by atomic mass is 10.1. The molecule has 1 aliphatic rings. The predicted octanol–water partition coefficient (Wildman–Crippen LogP) is 2.32. The number of carbonyl (C=O) groups is 1. The standard InChI is InChI=1S/C16H19N3OS/c1-12(10-18-16(20)14-4-2-3-7-17-14)19-8-5-15-13(11-19)6-9-21-15/h2-4,6-7,9,12H,5,8,10-11H2,1H3,(H,18,20)/t12-/m0/s1. The molecule has 1 atom stereocenters. The van der Waals surface area contributed by atoms with Crippen molar-refractivity contribution in [1.82, 2.24) is 15.2 Å². The first kappa shape index (κ1) is 14.2. The molecule has 0 radical (unpaired) electrons. The number of fused-ring (bicyclic) bond motifs is 1. The van der Waals surface area contributed by atoms with Gasteiger partial charge in [0, 0.05) is 36.8 Å². The van der Waals surface area contributed by atoms with E-state index in [0.717, 1.165) is 19.5 Å². The first-order chi connectivity index (χ1) is 10.2. The number of rotatable bonds is 4. The molecule has 1 amide bonds. The van der Waals surface area contributed by atoms with Gasteiger partial charge in [0.05, 0.1) is 0 Å². The first-order valence-electron chi connectivity index (χ1n) is 7.22. The lowest BCUT2D eigenvalue weighted by Crippen LogP contribution is -2.44. The molecule has 0 saturated heterocycles. The van der Waals surface area contributed by atoms with Gasteiger partial charge < -0.3 is 5.32 Å². The molecule has 3 heterocycles. The molecular weight excluding hydrogens is 282 g/mol. The maximum atomic E-state index is 12.0. The van der Waals surface area contributed by atoms with Crippen molar-refractivity contribution in [2.75, 3.05) is 13.1 Å². The maximum Gasteiger partial charge on any atom is 0.269 e. The van der Waals surface area contributed by atoms with Crippen LogP contribution in [0, 0.1) is 0 Å². The topological polar surface area (TPSA) is 45.2 Å². The van der Waals surface area contributed by atoms with E-state index in [1.54, 1.807) is 12.3 Å². The van der Waals surface area contributed by atoms with Gasteiger partial charge in [-0.2, -0.15) is 0 Å². The molecule has 1 N–H and O–H groups in total. The van der Waals surface area contributed by atoms with Crippen LogP contribution in [0.2, 0.25) is 0 Å². The molecular formula is C16H19N3OS. The minimum Gasteiger partial charge on any atom is -0.349 e. The highest BCUT2D eigenvalue weighted by atomic mass is 32.1. The van der Waals surface area contributed by atoms with Crippen LogP contribution >= 0.6 is 11.3 Å². The first-order valence-corrected chi connectivity index (χ1v) is 8.10. The summed E-state index contributed by atoms with van der Waals surface area (Å²) in [6, 6.07) is 7.91. The molecule has 3 rings (SSSR count). The average molecular weight is 301 g/mol. The average Bonchev–Trinajstić information content (AvgIpc) is 3.00. The van der Waals surface area contributed by atoms with Gasteiger partial charge in [-0.1, -0.05) is 6.07 Å². The van der Waals surface area contributed by atoms with Crippen LogP contribution in [0.15, 0.2) is 35.8 Å². The molecule has 2 aromatic rings. The molecule has 0 aliphatic carbocycles. The second kappa shape index (κ2) is 6.37. The number of amides is 1. The zero-order valence-electron chi connectivity index (χ0n) is 12.1. The molecule has 0 spiro atoms. The largest absolute Gasteiger partial charge is 0.349 e. The third-order valence-corrected chi connectivity index (χ3v) is 4.94. The molecule has 0 saturated carbocycles. The highest BCUT2D eigenvalue weighted by Crippen LogP contribution is 2.24. The Labute approximate surface area is 128 Å². The van der Waals surface area contributed by atoms with Crippen LogP contribution in [0.1, 0.15) is 27.9 Å². The van der Waals surface area contributed by atoms with Crippen LogP contribution in [0.5, 0.6) is 0 Å². The molecule has 4 nitrogen and oxygen atoms in total. The number of thiophene rings is 1. The number of hydrogen-bond donors (Lipinski definition) is 1. The van der Waals surface area contributed by atoms with Crippen LogP contribution in [0.25, 0.3) is 0 Å². The Balaban J connectivity index is 1.53. The summed E-state index contributed by atoms with van der Waals surface area (Å²) in [5, 5.41) is 5.14. The van der Waals surface area contributed by atoms with Crippen molar-refractivity contribution in [1.29, 1.82) is 0 Å². The maximum absolute atomic E-state index is 12.0. The van der Waals surface area contributed by atoms with E-state index in [9.17, 15) is 4.79 Å². The molecule has 1 aliphatic heterocycles. The Hall–Kier alpha value is -1.72. The quantitative estimate of drug-likeness (QED) is 0.942. The van der Waals surface area contributed by atoms with E-state index in [4.69, 9.17) is 0 Å². The Morgan fingerprint density at radius 2 is 2.38 bits per heavy atom. The van der Waals surface area contributed by atoms with Crippen LogP contribution < -0.4 is 5.32 Å². The van der Waals surface area contributed by atoms with Crippen molar-refractivity contribution in [2.45, 2.75) is 25.9 Å². The van der Waals surface area contributed by atoms with Gasteiger partial charge in [0.1, 0.15) is 5.69 Å². The number of nitrogens with zero attached hydrogens (tertiary/aromatic N) is 2. The number of nitrogens with one attached hydrogen (secondary N) is 1. The number of carbonyl (C=O) groups excluding carboxylic acids is 1. The summed E-state index contributed by atoms with van der Waals surface area (Å²) in [4.78, 5) is 20.0. The molecule has 21 heavy (non-hydrogen) atoms. The summed E-state index contributed by atoms with van der Waals surface area (Å²) in [5.41, 5.74) is 1.91. The Morgan fingerprint density at radius 1 is 1.48 bits per heavy atom. The summed E-state index contributed by atoms with van der Waals surface area (Å²) in [5.74, 6) is -0.101. The van der Waals surface area contributed by atoms with Crippen molar-refractivity contribution in [3.63, 3.8) is 0 Å². The minimum absolute atomic E-state index is 0.101. The SMILES string of the molecule is C[C@@H](CNC(=O)c1ccccn1)N1CCc2sccc2C1. The van der Waals surface area contributed by atoms with Gasteiger partial charge in [-0.15, -0.1) is 11.3 Å². The lowest BCUT2D eigenvalue weighted by molar-refractivity contribution is 0.0928. The normalized spacial score (nSPS) is 16.2. The van der Waals surface area contributed by atoms with Crippen molar-refractivity contribution in [2.24, 2.45) is 0 Å². The number of pyridine rings is 1. The summed E-state index contributed by atoms with van der Waals surface area (Å²) in [6.45, 7) is 4.86. The Kier molecular flexibility index (Phi) is 4.31. The van der Waals surface area contributed by atoms with Crippen LogP contribution in [0.3, 0.4) is 0 Å². The summed E-state index contributed by atoms with van der Waals surface area (Å²) < 4.78 is 0. The Bertz CT molecular complexity index is 611. The van der Waals surface area contributed by atoms with Crippen LogP contribution in [-0.2, 0) is 13.0 Å². The predicted molar refractivity (Wildman–Crippen MR) is 84.5 cm³/mol. The van der Waals surface area contributed by atoms with Gasteiger partial charge in [0.2, 0.25) is 0 Å². The van der Waals surface area contributed by atoms with E-state index < -0.39 is 0 Å². The van der Waals surface area contributed by atoms with E-state index in [0.29, 0.717) is 18.3 Å². The monoisotopic (exact) mass is 301 g/mol. The van der Waals surface area contributed by atoms with E-state index in [-0.39, 0.29) is 5.91 Å². The summed E-state index contributed by atoms with van der Waals surface area (Å²) >= 11 is 1.85. The summed E-state index contributed by atoms with van der Waals surface area (Å²) in [6.07, 6.45) is 2.76. The van der Waals surface area contributed by atoms with Gasteiger partial charge in [-0.3, -0.25) is 14.7 Å². The number of aromatic nitrogens is 1. The summed E-state index contributed by atoms with van der Waals surface area (Å²) in [7, 11) is 0. The Morgan fingerprint density at radius 3 is 3.19 bits per heavy atom. The van der Waals surface area contributed by atoms with E-state index >= 15 is 0 Å². The highest BCUT2D eigenvalue weighted by molar-refractivity contribution is 7.10. The third kappa shape index (κ3) is 3.31. The van der Waals surface area contributed by atoms with Gasteiger partial charge in [0.15, 0.2) is 0 Å². The van der Waals surface area contributed by atoms with Crippen molar-refractivity contribution < 1.29 is 4.79 Å². The molecule has 110 valence electrons. The molecule has 0 fully saturated rings. The fraction of sp³-hybridized carbons (Fsp3) is 0.375. The van der Waals surface area contributed by atoms with Crippen molar-refractivity contribution >= 4 is 17.2 Å². The van der Waals surface area contributed by atoms with Gasteiger partial charge in [-0.05, 0) is 42.5 Å². The van der Waals surface area contributed by atoms with E-state index in [2.05, 4.69) is 33.6 Å². The zero-order chi connectivity index (χ0) is 14.7. The second-order valence-electron chi connectivity index (χ2n) is 5.36. The fourth-order valence-corrected chi connectivity index (χ4v) is 3.49. The van der Waals surface area contributed by atoms with E-state index in [1.165, 1.54) is 10.4 Å². The van der Waals surface area contributed by atoms with Crippen LogP contribution in [0.4, 0.5) is 0 Å². The van der Waals surface area contributed by atoms with Gasteiger partial charge >= 0.3 is 0 Å². The molecule has 0 aromatic carbocycles. The molecule has 0 bridgehead atoms. The van der Waals surface area contributed by atoms with Crippen molar-refractivity contribution in [3.05, 3.63) is 52.0 Å². The smallest absolute Gasteiger partial charge is 0.269 e.